The molecular weight excluding hydrogens is 384 g/mol. The van der Waals surface area contributed by atoms with Crippen LogP contribution in [-0.4, -0.2) is 71.1 Å². The van der Waals surface area contributed by atoms with Gasteiger partial charge in [-0.15, -0.1) is 0 Å². The van der Waals surface area contributed by atoms with Crippen molar-refractivity contribution in [3.63, 3.8) is 0 Å². The zero-order valence-electron chi connectivity index (χ0n) is 16.7. The zero-order chi connectivity index (χ0) is 22.0. The molecule has 1 fully saturated rings. The molecule has 3 amide bonds. The summed E-state index contributed by atoms with van der Waals surface area (Å²) in [7, 11) is 0. The van der Waals surface area contributed by atoms with E-state index in [1.807, 2.05) is 6.92 Å². The number of rotatable bonds is 12. The first-order valence-corrected chi connectivity index (χ1v) is 9.71. The monoisotopic (exact) mass is 414 g/mol. The predicted molar refractivity (Wildman–Crippen MR) is 102 cm³/mol. The minimum Gasteiger partial charge on any atom is -0.481 e. The summed E-state index contributed by atoms with van der Waals surface area (Å²) < 4.78 is 0. The predicted octanol–water partition coefficient (Wildman–Crippen LogP) is -1.18. The summed E-state index contributed by atoms with van der Waals surface area (Å²) in [5.41, 5.74) is 0. The Balaban J connectivity index is 2.85. The molecular formula is C18H30N4O7. The smallest absolute Gasteiger partial charge is 0.322 e. The van der Waals surface area contributed by atoms with Gasteiger partial charge in [-0.25, -0.2) is 0 Å². The molecule has 11 nitrogen and oxygen atoms in total. The summed E-state index contributed by atoms with van der Waals surface area (Å²) in [6.45, 7) is 3.70. The number of amides is 3. The number of aliphatic carboxylic acids is 2. The number of hydrogen-bond acceptors (Lipinski definition) is 6. The third-order valence-corrected chi connectivity index (χ3v) is 4.86. The van der Waals surface area contributed by atoms with Crippen molar-refractivity contribution >= 4 is 29.7 Å². The second-order valence-electron chi connectivity index (χ2n) is 7.13. The lowest BCUT2D eigenvalue weighted by molar-refractivity contribution is -0.140. The van der Waals surface area contributed by atoms with Gasteiger partial charge in [0.25, 0.3) is 0 Å². The van der Waals surface area contributed by atoms with Crippen LogP contribution in [0.1, 0.15) is 46.0 Å². The molecule has 0 radical (unpaired) electrons. The summed E-state index contributed by atoms with van der Waals surface area (Å²) in [6.07, 6.45) is 1.51. The Morgan fingerprint density at radius 1 is 1.07 bits per heavy atom. The van der Waals surface area contributed by atoms with E-state index < -0.39 is 48.8 Å². The Morgan fingerprint density at radius 2 is 1.76 bits per heavy atom. The molecule has 4 unspecified atom stereocenters. The molecule has 0 aromatic carbocycles. The van der Waals surface area contributed by atoms with E-state index in [4.69, 9.17) is 10.2 Å². The Labute approximate surface area is 169 Å². The van der Waals surface area contributed by atoms with Crippen LogP contribution in [-0.2, 0) is 24.0 Å². The summed E-state index contributed by atoms with van der Waals surface area (Å²) in [5.74, 6) is -4.38. The lowest BCUT2D eigenvalue weighted by Gasteiger charge is -2.27. The SMILES string of the molecule is CCC(C)C(NC(=O)C1CCCN1)C(=O)NC(CCC(=O)O)C(=O)NCC(=O)O. The maximum absolute atomic E-state index is 12.8. The van der Waals surface area contributed by atoms with Crippen LogP contribution in [0.2, 0.25) is 0 Å². The highest BCUT2D eigenvalue weighted by molar-refractivity contribution is 5.94. The molecule has 29 heavy (non-hydrogen) atoms. The van der Waals surface area contributed by atoms with Gasteiger partial charge in [0.1, 0.15) is 18.6 Å². The van der Waals surface area contributed by atoms with Crippen molar-refractivity contribution in [3.8, 4) is 0 Å². The first kappa shape index (κ1) is 24.3. The maximum atomic E-state index is 12.8. The summed E-state index contributed by atoms with van der Waals surface area (Å²) in [5, 5.41) is 27.9. The second kappa shape index (κ2) is 12.0. The molecule has 164 valence electrons. The van der Waals surface area contributed by atoms with Crippen LogP contribution >= 0.6 is 0 Å². The first-order chi connectivity index (χ1) is 13.6. The van der Waals surface area contributed by atoms with Gasteiger partial charge in [0, 0.05) is 6.42 Å². The van der Waals surface area contributed by atoms with E-state index in [2.05, 4.69) is 21.3 Å². The van der Waals surface area contributed by atoms with Crippen LogP contribution < -0.4 is 21.3 Å². The highest BCUT2D eigenvalue weighted by Crippen LogP contribution is 2.12. The number of nitrogens with one attached hydrogen (secondary N) is 4. The number of carbonyl (C=O) groups excluding carboxylic acids is 3. The van der Waals surface area contributed by atoms with Gasteiger partial charge >= 0.3 is 11.9 Å². The fourth-order valence-corrected chi connectivity index (χ4v) is 2.95. The first-order valence-electron chi connectivity index (χ1n) is 9.71. The van der Waals surface area contributed by atoms with Crippen molar-refractivity contribution in [1.82, 2.24) is 21.3 Å². The molecule has 0 aromatic rings. The van der Waals surface area contributed by atoms with Crippen molar-refractivity contribution in [2.24, 2.45) is 5.92 Å². The van der Waals surface area contributed by atoms with Crippen LogP contribution in [0.15, 0.2) is 0 Å². The van der Waals surface area contributed by atoms with Crippen LogP contribution in [0, 0.1) is 5.92 Å². The van der Waals surface area contributed by atoms with E-state index >= 15 is 0 Å². The van der Waals surface area contributed by atoms with Gasteiger partial charge in [0.2, 0.25) is 17.7 Å². The Bertz CT molecular complexity index is 619. The van der Waals surface area contributed by atoms with Gasteiger partial charge in [-0.3, -0.25) is 24.0 Å². The Kier molecular flexibility index (Phi) is 10.1. The molecule has 1 saturated heterocycles. The molecule has 4 atom stereocenters. The number of carboxylic acid groups (broad SMARTS) is 2. The quantitative estimate of drug-likeness (QED) is 0.231. The molecule has 0 aliphatic carbocycles. The largest absolute Gasteiger partial charge is 0.481 e. The normalized spacial score (nSPS) is 18.9. The van der Waals surface area contributed by atoms with Gasteiger partial charge in [0.05, 0.1) is 6.04 Å². The molecule has 1 aliphatic heterocycles. The third-order valence-electron chi connectivity index (χ3n) is 4.86. The van der Waals surface area contributed by atoms with Crippen LogP contribution in [0.3, 0.4) is 0 Å². The van der Waals surface area contributed by atoms with E-state index in [1.165, 1.54) is 0 Å². The second-order valence-corrected chi connectivity index (χ2v) is 7.13. The minimum atomic E-state index is -1.27. The van der Waals surface area contributed by atoms with Gasteiger partial charge in [-0.1, -0.05) is 20.3 Å². The highest BCUT2D eigenvalue weighted by Gasteiger charge is 2.32. The molecule has 11 heteroatoms. The van der Waals surface area contributed by atoms with Crippen LogP contribution in [0.4, 0.5) is 0 Å². The fourth-order valence-electron chi connectivity index (χ4n) is 2.95. The zero-order valence-corrected chi connectivity index (χ0v) is 16.7. The number of carboxylic acids is 2. The summed E-state index contributed by atoms with van der Waals surface area (Å²) >= 11 is 0. The van der Waals surface area contributed by atoms with E-state index in [1.54, 1.807) is 6.92 Å². The van der Waals surface area contributed by atoms with Crippen LogP contribution in [0.5, 0.6) is 0 Å². The Morgan fingerprint density at radius 3 is 2.28 bits per heavy atom. The van der Waals surface area contributed by atoms with Crippen molar-refractivity contribution in [2.75, 3.05) is 13.1 Å². The van der Waals surface area contributed by atoms with E-state index in [-0.39, 0.29) is 24.3 Å². The van der Waals surface area contributed by atoms with E-state index in [0.29, 0.717) is 12.8 Å². The maximum Gasteiger partial charge on any atom is 0.322 e. The van der Waals surface area contributed by atoms with Gasteiger partial charge in [-0.05, 0) is 31.7 Å². The summed E-state index contributed by atoms with van der Waals surface area (Å²) in [6, 6.07) is -2.52. The molecule has 0 aromatic heterocycles. The van der Waals surface area contributed by atoms with Crippen LogP contribution in [0.25, 0.3) is 0 Å². The average Bonchev–Trinajstić information content (AvgIpc) is 3.21. The minimum absolute atomic E-state index is 0.210. The van der Waals surface area contributed by atoms with Crippen molar-refractivity contribution < 1.29 is 34.2 Å². The van der Waals surface area contributed by atoms with Crippen molar-refractivity contribution in [3.05, 3.63) is 0 Å². The lowest BCUT2D eigenvalue weighted by Crippen LogP contribution is -2.57. The fraction of sp³-hybridized carbons (Fsp3) is 0.722. The van der Waals surface area contributed by atoms with Gasteiger partial charge in [0.15, 0.2) is 0 Å². The molecule has 1 heterocycles. The lowest BCUT2D eigenvalue weighted by atomic mass is 9.97. The van der Waals surface area contributed by atoms with Gasteiger partial charge in [-0.2, -0.15) is 0 Å². The molecule has 0 spiro atoms. The standard InChI is InChI=1S/C18H30N4O7/c1-3-10(2)15(22-17(28)11-5-4-8-19-11)18(29)21-12(6-7-13(23)24)16(27)20-9-14(25)26/h10-12,15,19H,3-9H2,1-2H3,(H,20,27)(H,21,29)(H,22,28)(H,23,24)(H,25,26). The molecule has 0 bridgehead atoms. The molecule has 1 aliphatic rings. The highest BCUT2D eigenvalue weighted by atomic mass is 16.4. The topological polar surface area (TPSA) is 174 Å². The molecule has 1 rings (SSSR count). The number of hydrogen-bond donors (Lipinski definition) is 6. The van der Waals surface area contributed by atoms with Gasteiger partial charge < -0.3 is 31.5 Å². The number of carbonyl (C=O) groups is 5. The van der Waals surface area contributed by atoms with Crippen molar-refractivity contribution in [2.45, 2.75) is 64.1 Å². The van der Waals surface area contributed by atoms with E-state index in [9.17, 15) is 24.0 Å². The average molecular weight is 414 g/mol. The molecule has 6 N–H and O–H groups in total. The molecule has 0 saturated carbocycles. The third kappa shape index (κ3) is 8.46. The Hall–Kier alpha value is -2.69. The summed E-state index contributed by atoms with van der Waals surface area (Å²) in [4.78, 5) is 58.9. The van der Waals surface area contributed by atoms with Crippen molar-refractivity contribution in [1.29, 1.82) is 0 Å². The van der Waals surface area contributed by atoms with E-state index in [0.717, 1.165) is 13.0 Å².